The molecule has 1 saturated carbocycles. The van der Waals surface area contributed by atoms with Gasteiger partial charge in [0.1, 0.15) is 16.4 Å². The first kappa shape index (κ1) is 14.4. The third-order valence-corrected chi connectivity index (χ3v) is 4.73. The minimum absolute atomic E-state index is 0.282. The predicted octanol–water partition coefficient (Wildman–Crippen LogP) is 3.14. The average molecular weight is 318 g/mol. The number of hydrogen-bond donors (Lipinski definition) is 0. The molecule has 1 saturated heterocycles. The molecule has 1 aromatic carbocycles. The Labute approximate surface area is 123 Å². The molecule has 21 heavy (non-hydrogen) atoms. The van der Waals surface area contributed by atoms with Gasteiger partial charge in [-0.15, -0.1) is 11.6 Å². The van der Waals surface area contributed by atoms with E-state index in [0.29, 0.717) is 29.9 Å². The summed E-state index contributed by atoms with van der Waals surface area (Å²) in [4.78, 5) is 23.7. The first-order chi connectivity index (χ1) is 9.86. The number of nitrogens with zero attached hydrogens (tertiary/aromatic N) is 1. The molecule has 0 bridgehead atoms. The van der Waals surface area contributed by atoms with Gasteiger partial charge in [0, 0.05) is 12.1 Å². The average Bonchev–Trinajstić information content (AvgIpc) is 2.59. The first-order valence-corrected chi connectivity index (χ1v) is 6.96. The Balaban J connectivity index is 2.12. The standard InChI is InChI=1S/C14H11ClF3NO2/c15-14-4-2-1-3-8(14)12(20)19(13(14)21)11-9(17)5-7(16)6-10(11)18/h5-6,8H,1-4H2. The van der Waals surface area contributed by atoms with Crippen molar-refractivity contribution in [1.82, 2.24) is 0 Å². The molecule has 2 atom stereocenters. The minimum atomic E-state index is -1.44. The maximum Gasteiger partial charge on any atom is 0.255 e. The van der Waals surface area contributed by atoms with Crippen LogP contribution in [0.1, 0.15) is 25.7 Å². The first-order valence-electron chi connectivity index (χ1n) is 6.58. The fraction of sp³-hybridized carbons (Fsp3) is 0.429. The third kappa shape index (κ3) is 1.96. The molecule has 1 heterocycles. The van der Waals surface area contributed by atoms with Crippen LogP contribution in [0, 0.1) is 23.4 Å². The largest absolute Gasteiger partial charge is 0.274 e. The third-order valence-electron chi connectivity index (χ3n) is 4.12. The maximum absolute atomic E-state index is 13.8. The van der Waals surface area contributed by atoms with Gasteiger partial charge in [-0.3, -0.25) is 9.59 Å². The van der Waals surface area contributed by atoms with Gasteiger partial charge in [-0.1, -0.05) is 12.8 Å². The highest BCUT2D eigenvalue weighted by Gasteiger charge is 2.60. The van der Waals surface area contributed by atoms with Gasteiger partial charge in [0.25, 0.3) is 5.91 Å². The highest BCUT2D eigenvalue weighted by molar-refractivity contribution is 6.45. The van der Waals surface area contributed by atoms with Crippen LogP contribution >= 0.6 is 11.6 Å². The van der Waals surface area contributed by atoms with E-state index in [9.17, 15) is 22.8 Å². The Bertz CT molecular complexity index is 628. The van der Waals surface area contributed by atoms with Crippen LogP contribution in [0.3, 0.4) is 0 Å². The van der Waals surface area contributed by atoms with Crippen molar-refractivity contribution in [3.05, 3.63) is 29.6 Å². The molecule has 0 spiro atoms. The molecule has 0 radical (unpaired) electrons. The van der Waals surface area contributed by atoms with Crippen LogP contribution in [-0.4, -0.2) is 16.7 Å². The molecule has 7 heteroatoms. The number of carbonyl (C=O) groups is 2. The summed E-state index contributed by atoms with van der Waals surface area (Å²) in [6.07, 6.45) is 2.07. The number of anilines is 1. The molecule has 2 aliphatic rings. The van der Waals surface area contributed by atoms with Crippen molar-refractivity contribution >= 4 is 29.1 Å². The Morgan fingerprint density at radius 1 is 1.14 bits per heavy atom. The van der Waals surface area contributed by atoms with Crippen molar-refractivity contribution < 1.29 is 22.8 Å². The predicted molar refractivity (Wildman–Crippen MR) is 69.4 cm³/mol. The Morgan fingerprint density at radius 3 is 2.33 bits per heavy atom. The van der Waals surface area contributed by atoms with E-state index in [2.05, 4.69) is 0 Å². The highest BCUT2D eigenvalue weighted by Crippen LogP contribution is 2.48. The lowest BCUT2D eigenvalue weighted by Crippen LogP contribution is -2.40. The number of benzene rings is 1. The zero-order valence-corrected chi connectivity index (χ0v) is 11.6. The van der Waals surface area contributed by atoms with E-state index in [1.54, 1.807) is 0 Å². The number of rotatable bonds is 1. The summed E-state index contributed by atoms with van der Waals surface area (Å²) in [5, 5.41) is 0. The monoisotopic (exact) mass is 317 g/mol. The van der Waals surface area contributed by atoms with Crippen LogP contribution in [0.15, 0.2) is 12.1 Å². The summed E-state index contributed by atoms with van der Waals surface area (Å²) in [6.45, 7) is 0. The molecule has 1 aromatic rings. The zero-order chi connectivity index (χ0) is 15.4. The highest BCUT2D eigenvalue weighted by atomic mass is 35.5. The molecular formula is C14H11ClF3NO2. The van der Waals surface area contributed by atoms with Crippen molar-refractivity contribution in [3.63, 3.8) is 0 Å². The summed E-state index contributed by atoms with van der Waals surface area (Å²) >= 11 is 6.27. The van der Waals surface area contributed by atoms with Crippen LogP contribution in [0.25, 0.3) is 0 Å². The Kier molecular flexibility index (Phi) is 3.24. The van der Waals surface area contributed by atoms with Crippen molar-refractivity contribution in [2.24, 2.45) is 5.92 Å². The SMILES string of the molecule is O=C1C2CCCCC2(Cl)C(=O)N1c1c(F)cc(F)cc1F. The van der Waals surface area contributed by atoms with E-state index in [-0.39, 0.29) is 6.42 Å². The van der Waals surface area contributed by atoms with E-state index in [4.69, 9.17) is 11.6 Å². The molecule has 1 aliphatic heterocycles. The van der Waals surface area contributed by atoms with Gasteiger partial charge in [0.2, 0.25) is 5.91 Å². The summed E-state index contributed by atoms with van der Waals surface area (Å²) in [5.74, 6) is -6.06. The van der Waals surface area contributed by atoms with E-state index in [1.807, 2.05) is 0 Å². The molecule has 3 nitrogen and oxygen atoms in total. The molecule has 2 fully saturated rings. The van der Waals surface area contributed by atoms with E-state index < -0.39 is 45.7 Å². The van der Waals surface area contributed by atoms with Gasteiger partial charge in [0.05, 0.1) is 5.92 Å². The van der Waals surface area contributed by atoms with Crippen LogP contribution in [0.5, 0.6) is 0 Å². The quantitative estimate of drug-likeness (QED) is 0.589. The van der Waals surface area contributed by atoms with Gasteiger partial charge in [-0.2, -0.15) is 0 Å². The maximum atomic E-state index is 13.8. The van der Waals surface area contributed by atoms with E-state index in [1.165, 1.54) is 0 Å². The van der Waals surface area contributed by atoms with Gasteiger partial charge in [-0.25, -0.2) is 18.1 Å². The number of halogens is 4. The molecule has 0 aromatic heterocycles. The summed E-state index contributed by atoms with van der Waals surface area (Å²) in [7, 11) is 0. The van der Waals surface area contributed by atoms with Crippen LogP contribution in [0.2, 0.25) is 0 Å². The topological polar surface area (TPSA) is 37.4 Å². The normalized spacial score (nSPS) is 29.0. The lowest BCUT2D eigenvalue weighted by Gasteiger charge is -2.28. The number of hydrogen-bond acceptors (Lipinski definition) is 2. The summed E-state index contributed by atoms with van der Waals surface area (Å²) in [5.41, 5.74) is -0.846. The molecule has 2 unspecified atom stereocenters. The van der Waals surface area contributed by atoms with Gasteiger partial charge >= 0.3 is 0 Å². The number of fused-ring (bicyclic) bond motifs is 1. The number of imide groups is 1. The van der Waals surface area contributed by atoms with Crippen molar-refractivity contribution in [3.8, 4) is 0 Å². The smallest absolute Gasteiger partial charge is 0.255 e. The number of carbonyl (C=O) groups excluding carboxylic acids is 2. The number of alkyl halides is 1. The fourth-order valence-corrected chi connectivity index (χ4v) is 3.53. The van der Waals surface area contributed by atoms with Gasteiger partial charge in [0.15, 0.2) is 11.6 Å². The van der Waals surface area contributed by atoms with Gasteiger partial charge in [-0.05, 0) is 12.8 Å². The van der Waals surface area contributed by atoms with Crippen molar-refractivity contribution in [2.75, 3.05) is 4.90 Å². The lowest BCUT2D eigenvalue weighted by molar-refractivity contribution is -0.122. The van der Waals surface area contributed by atoms with Gasteiger partial charge < -0.3 is 0 Å². The molecule has 0 N–H and O–H groups in total. The molecule has 3 rings (SSSR count). The minimum Gasteiger partial charge on any atom is -0.274 e. The summed E-state index contributed by atoms with van der Waals surface area (Å²) < 4.78 is 40.7. The molecule has 112 valence electrons. The zero-order valence-electron chi connectivity index (χ0n) is 10.8. The lowest BCUT2D eigenvalue weighted by atomic mass is 9.80. The molecule has 2 amide bonds. The van der Waals surface area contributed by atoms with Crippen LogP contribution < -0.4 is 4.90 Å². The second-order valence-corrected chi connectivity index (χ2v) is 6.03. The van der Waals surface area contributed by atoms with Crippen molar-refractivity contribution in [1.29, 1.82) is 0 Å². The molecule has 1 aliphatic carbocycles. The Morgan fingerprint density at radius 2 is 1.76 bits per heavy atom. The number of amides is 2. The molecular weight excluding hydrogens is 307 g/mol. The van der Waals surface area contributed by atoms with Crippen LogP contribution in [-0.2, 0) is 9.59 Å². The van der Waals surface area contributed by atoms with Crippen LogP contribution in [0.4, 0.5) is 18.9 Å². The van der Waals surface area contributed by atoms with E-state index >= 15 is 0 Å². The van der Waals surface area contributed by atoms with Crippen molar-refractivity contribution in [2.45, 2.75) is 30.6 Å². The Hall–Kier alpha value is -1.56. The second-order valence-electron chi connectivity index (χ2n) is 5.36. The second kappa shape index (κ2) is 4.73. The summed E-state index contributed by atoms with van der Waals surface area (Å²) in [6, 6.07) is 0.865. The van der Waals surface area contributed by atoms with E-state index in [0.717, 1.165) is 6.42 Å². The fourth-order valence-electron chi connectivity index (χ4n) is 3.11.